The van der Waals surface area contributed by atoms with E-state index in [-0.39, 0.29) is 11.9 Å². The van der Waals surface area contributed by atoms with Gasteiger partial charge in [0.05, 0.1) is 12.2 Å². The Morgan fingerprint density at radius 3 is 2.57 bits per heavy atom. The maximum atomic E-state index is 13.6. The number of halogens is 2. The summed E-state index contributed by atoms with van der Waals surface area (Å²) in [6.45, 7) is 7.50. The number of hydrogen-bond acceptors (Lipinski definition) is 2. The van der Waals surface area contributed by atoms with Crippen LogP contribution in [0.3, 0.4) is 0 Å². The standard InChI is InChI=1S/C24H22ClFN2/c1-4-5-8-18-11-12-19(13-16(18)2)24(20-9-6-7-10-21(20)25)28-23-14-17(3)22(26)15-27-23/h4-15,24H,1H2,2-3H3,(H,27,28)/b8-5-. The van der Waals surface area contributed by atoms with Gasteiger partial charge in [-0.1, -0.05) is 72.8 Å². The summed E-state index contributed by atoms with van der Waals surface area (Å²) >= 11 is 6.49. The van der Waals surface area contributed by atoms with E-state index in [4.69, 9.17) is 11.6 Å². The van der Waals surface area contributed by atoms with Gasteiger partial charge in [-0.15, -0.1) is 0 Å². The molecule has 1 atom stereocenters. The van der Waals surface area contributed by atoms with E-state index >= 15 is 0 Å². The lowest BCUT2D eigenvalue weighted by Crippen LogP contribution is -2.14. The Kier molecular flexibility index (Phi) is 6.27. The van der Waals surface area contributed by atoms with Crippen molar-refractivity contribution in [1.29, 1.82) is 0 Å². The first-order chi connectivity index (χ1) is 13.5. The topological polar surface area (TPSA) is 24.9 Å². The highest BCUT2D eigenvalue weighted by atomic mass is 35.5. The molecule has 4 heteroatoms. The lowest BCUT2D eigenvalue weighted by molar-refractivity contribution is 0.612. The van der Waals surface area contributed by atoms with E-state index in [9.17, 15) is 4.39 Å². The predicted molar refractivity (Wildman–Crippen MR) is 116 cm³/mol. The summed E-state index contributed by atoms with van der Waals surface area (Å²) < 4.78 is 13.6. The van der Waals surface area contributed by atoms with Crippen molar-refractivity contribution in [3.8, 4) is 0 Å². The second-order valence-corrected chi connectivity index (χ2v) is 7.04. The Labute approximate surface area is 170 Å². The molecule has 0 aliphatic carbocycles. The Morgan fingerprint density at radius 2 is 1.89 bits per heavy atom. The van der Waals surface area contributed by atoms with Crippen LogP contribution in [0, 0.1) is 19.7 Å². The van der Waals surface area contributed by atoms with Gasteiger partial charge in [-0.2, -0.15) is 0 Å². The van der Waals surface area contributed by atoms with Gasteiger partial charge in [-0.3, -0.25) is 0 Å². The molecule has 1 aromatic heterocycles. The molecule has 0 aliphatic heterocycles. The summed E-state index contributed by atoms with van der Waals surface area (Å²) in [6.07, 6.45) is 6.92. The van der Waals surface area contributed by atoms with Crippen LogP contribution in [0.1, 0.15) is 33.9 Å². The maximum absolute atomic E-state index is 13.6. The van der Waals surface area contributed by atoms with E-state index in [0.717, 1.165) is 22.3 Å². The van der Waals surface area contributed by atoms with Crippen molar-refractivity contribution in [2.45, 2.75) is 19.9 Å². The number of rotatable bonds is 6. The van der Waals surface area contributed by atoms with Gasteiger partial charge >= 0.3 is 0 Å². The van der Waals surface area contributed by atoms with Gasteiger partial charge < -0.3 is 5.32 Å². The number of hydrogen-bond donors (Lipinski definition) is 1. The molecule has 2 nitrogen and oxygen atoms in total. The molecule has 0 spiro atoms. The van der Waals surface area contributed by atoms with Crippen molar-refractivity contribution in [1.82, 2.24) is 4.98 Å². The van der Waals surface area contributed by atoms with Crippen LogP contribution >= 0.6 is 11.6 Å². The van der Waals surface area contributed by atoms with Crippen LogP contribution in [-0.4, -0.2) is 4.98 Å². The first-order valence-electron chi connectivity index (χ1n) is 9.02. The highest BCUT2D eigenvalue weighted by Gasteiger charge is 2.18. The van der Waals surface area contributed by atoms with Gasteiger partial charge in [0.1, 0.15) is 11.6 Å². The van der Waals surface area contributed by atoms with Crippen LogP contribution in [0.4, 0.5) is 10.2 Å². The fourth-order valence-corrected chi connectivity index (χ4v) is 3.30. The first-order valence-corrected chi connectivity index (χ1v) is 9.40. The van der Waals surface area contributed by atoms with Gasteiger partial charge in [0.2, 0.25) is 0 Å². The van der Waals surface area contributed by atoms with Crippen molar-refractivity contribution in [2.75, 3.05) is 5.32 Å². The number of nitrogens with one attached hydrogen (secondary N) is 1. The third kappa shape index (κ3) is 4.49. The van der Waals surface area contributed by atoms with Gasteiger partial charge in [-0.05, 0) is 53.8 Å². The second-order valence-electron chi connectivity index (χ2n) is 6.63. The highest BCUT2D eigenvalue weighted by Crippen LogP contribution is 2.32. The van der Waals surface area contributed by atoms with Crippen LogP contribution in [0.25, 0.3) is 6.08 Å². The minimum atomic E-state index is -0.325. The van der Waals surface area contributed by atoms with Gasteiger partial charge in [0.15, 0.2) is 0 Å². The van der Waals surface area contributed by atoms with Crippen LogP contribution in [0.15, 0.2) is 73.5 Å². The Morgan fingerprint density at radius 1 is 1.11 bits per heavy atom. The van der Waals surface area contributed by atoms with E-state index in [0.29, 0.717) is 16.4 Å². The number of aryl methyl sites for hydroxylation is 2. The molecule has 0 saturated heterocycles. The maximum Gasteiger partial charge on any atom is 0.144 e. The number of allylic oxidation sites excluding steroid dienone is 2. The lowest BCUT2D eigenvalue weighted by Gasteiger charge is -2.22. The molecule has 142 valence electrons. The number of benzene rings is 2. The number of anilines is 1. The molecule has 1 heterocycles. The molecule has 0 amide bonds. The SMILES string of the molecule is C=C/C=C\c1ccc(C(Nc2cc(C)c(F)cn2)c2ccccc2Cl)cc1C. The third-order valence-corrected chi connectivity index (χ3v) is 4.94. The second kappa shape index (κ2) is 8.85. The van der Waals surface area contributed by atoms with E-state index in [1.54, 1.807) is 19.1 Å². The van der Waals surface area contributed by atoms with Crippen molar-refractivity contribution in [3.63, 3.8) is 0 Å². The molecule has 0 fully saturated rings. The van der Waals surface area contributed by atoms with Crippen molar-refractivity contribution < 1.29 is 4.39 Å². The molecular formula is C24H22ClFN2. The molecule has 0 saturated carbocycles. The van der Waals surface area contributed by atoms with Crippen molar-refractivity contribution in [3.05, 3.63) is 112 Å². The zero-order valence-electron chi connectivity index (χ0n) is 15.9. The minimum Gasteiger partial charge on any atom is -0.359 e. The van der Waals surface area contributed by atoms with Gasteiger partial charge in [0.25, 0.3) is 0 Å². The number of pyridine rings is 1. The first kappa shape index (κ1) is 19.8. The normalized spacial score (nSPS) is 12.1. The molecular weight excluding hydrogens is 371 g/mol. The number of aromatic nitrogens is 1. The summed E-state index contributed by atoms with van der Waals surface area (Å²) in [4.78, 5) is 4.19. The summed E-state index contributed by atoms with van der Waals surface area (Å²) in [7, 11) is 0. The van der Waals surface area contributed by atoms with Gasteiger partial charge in [-0.25, -0.2) is 9.37 Å². The van der Waals surface area contributed by atoms with Crippen LogP contribution in [-0.2, 0) is 0 Å². The van der Waals surface area contributed by atoms with E-state index in [2.05, 4.69) is 42.0 Å². The average Bonchev–Trinajstić information content (AvgIpc) is 2.68. The monoisotopic (exact) mass is 392 g/mol. The van der Waals surface area contributed by atoms with Crippen LogP contribution < -0.4 is 5.32 Å². The van der Waals surface area contributed by atoms with Crippen molar-refractivity contribution >= 4 is 23.5 Å². The zero-order chi connectivity index (χ0) is 20.1. The fourth-order valence-electron chi connectivity index (χ4n) is 3.05. The summed E-state index contributed by atoms with van der Waals surface area (Å²) in [5, 5.41) is 4.07. The zero-order valence-corrected chi connectivity index (χ0v) is 16.7. The van der Waals surface area contributed by atoms with E-state index in [1.807, 2.05) is 36.4 Å². The molecule has 0 bridgehead atoms. The largest absolute Gasteiger partial charge is 0.359 e. The molecule has 0 radical (unpaired) electrons. The fraction of sp³-hybridized carbons (Fsp3) is 0.125. The van der Waals surface area contributed by atoms with Crippen molar-refractivity contribution in [2.24, 2.45) is 0 Å². The van der Waals surface area contributed by atoms with Crippen LogP contribution in [0.5, 0.6) is 0 Å². The average molecular weight is 393 g/mol. The molecule has 3 rings (SSSR count). The van der Waals surface area contributed by atoms with Crippen LogP contribution in [0.2, 0.25) is 5.02 Å². The number of nitrogens with zero attached hydrogens (tertiary/aromatic N) is 1. The molecule has 0 aliphatic rings. The Balaban J connectivity index is 2.05. The minimum absolute atomic E-state index is 0.220. The van der Waals surface area contributed by atoms with Gasteiger partial charge in [0, 0.05) is 5.02 Å². The molecule has 2 aromatic carbocycles. The Bertz CT molecular complexity index is 1030. The molecule has 1 N–H and O–H groups in total. The smallest absolute Gasteiger partial charge is 0.144 e. The third-order valence-electron chi connectivity index (χ3n) is 4.59. The van der Waals surface area contributed by atoms with E-state index < -0.39 is 0 Å². The summed E-state index contributed by atoms with van der Waals surface area (Å²) in [5.41, 5.74) is 4.78. The lowest BCUT2D eigenvalue weighted by atomic mass is 9.95. The van der Waals surface area contributed by atoms with E-state index in [1.165, 1.54) is 6.20 Å². The highest BCUT2D eigenvalue weighted by molar-refractivity contribution is 6.31. The quantitative estimate of drug-likeness (QED) is 0.462. The Hall–Kier alpha value is -2.91. The molecule has 28 heavy (non-hydrogen) atoms. The molecule has 1 unspecified atom stereocenters. The summed E-state index contributed by atoms with van der Waals surface area (Å²) in [5.74, 6) is 0.270. The predicted octanol–water partition coefficient (Wildman–Crippen LogP) is 6.89. The summed E-state index contributed by atoms with van der Waals surface area (Å²) in [6, 6.07) is 15.4. The molecule has 3 aromatic rings.